The number of hydrogen-bond acceptors (Lipinski definition) is 6. The molecule has 9 nitrogen and oxygen atoms in total. The number of benzene rings is 1. The number of anilines is 2. The number of carboxylic acid groups (broad SMARTS) is 1. The Morgan fingerprint density at radius 3 is 2.68 bits per heavy atom. The van der Waals surface area contributed by atoms with Crippen molar-refractivity contribution in [3.63, 3.8) is 0 Å². The van der Waals surface area contributed by atoms with Crippen molar-refractivity contribution in [1.29, 1.82) is 0 Å². The van der Waals surface area contributed by atoms with Crippen molar-refractivity contribution in [2.75, 3.05) is 24.1 Å². The molecule has 2 aromatic heterocycles. The number of hydrogen-bond donors (Lipinski definition) is 3. The largest absolute Gasteiger partial charge is 0.465 e. The molecule has 3 aromatic rings. The van der Waals surface area contributed by atoms with Gasteiger partial charge < -0.3 is 21.1 Å². The van der Waals surface area contributed by atoms with Crippen LogP contribution in [0.2, 0.25) is 0 Å². The zero-order chi connectivity index (χ0) is 19.9. The summed E-state index contributed by atoms with van der Waals surface area (Å²) in [6.07, 6.45) is 2.53. The number of aromatic nitrogens is 2. The molecule has 10 heteroatoms. The number of fused-ring (bicyclic) bond motifs is 1. The minimum absolute atomic E-state index is 0.113. The predicted octanol–water partition coefficient (Wildman–Crippen LogP) is 2.02. The number of nitrogen functional groups attached to an aromatic ring is 1. The molecule has 4 N–H and O–H groups in total. The van der Waals surface area contributed by atoms with Crippen molar-refractivity contribution in [1.82, 2.24) is 13.9 Å². The second kappa shape index (κ2) is 6.71. The minimum Gasteiger partial charge on any atom is -0.465 e. The number of nitrogens with one attached hydrogen (secondary N) is 1. The Morgan fingerprint density at radius 1 is 1.25 bits per heavy atom. The Kier molecular flexibility index (Phi) is 4.34. The lowest BCUT2D eigenvalue weighted by molar-refractivity contribution is 0.155. The Bertz CT molecular complexity index is 1140. The second-order valence-electron chi connectivity index (χ2n) is 6.61. The third kappa shape index (κ3) is 3.01. The van der Waals surface area contributed by atoms with Gasteiger partial charge in [0.25, 0.3) is 10.0 Å². The summed E-state index contributed by atoms with van der Waals surface area (Å²) in [7, 11) is -3.80. The summed E-state index contributed by atoms with van der Waals surface area (Å²) in [5.41, 5.74) is 7.26. The van der Waals surface area contributed by atoms with Crippen LogP contribution in [0.25, 0.3) is 11.0 Å². The third-order valence-electron chi connectivity index (χ3n) is 4.82. The lowest BCUT2D eigenvalue weighted by Crippen LogP contribution is -2.30. The van der Waals surface area contributed by atoms with Gasteiger partial charge in [0.2, 0.25) is 0 Å². The number of pyridine rings is 1. The molecule has 1 saturated heterocycles. The van der Waals surface area contributed by atoms with Gasteiger partial charge >= 0.3 is 6.09 Å². The molecule has 1 aromatic carbocycles. The van der Waals surface area contributed by atoms with Crippen LogP contribution in [-0.4, -0.2) is 52.6 Å². The lowest BCUT2D eigenvalue weighted by atomic mass is 10.2. The van der Waals surface area contributed by atoms with Gasteiger partial charge in [-0.3, -0.25) is 0 Å². The van der Waals surface area contributed by atoms with Gasteiger partial charge in [-0.2, -0.15) is 0 Å². The topological polar surface area (TPSA) is 131 Å². The van der Waals surface area contributed by atoms with Crippen LogP contribution in [0.4, 0.5) is 16.2 Å². The highest BCUT2D eigenvalue weighted by Gasteiger charge is 2.27. The molecule has 1 aliphatic rings. The van der Waals surface area contributed by atoms with Crippen LogP contribution in [0.5, 0.6) is 0 Å². The van der Waals surface area contributed by atoms with E-state index in [1.165, 1.54) is 29.4 Å². The van der Waals surface area contributed by atoms with E-state index < -0.39 is 16.1 Å². The molecule has 0 saturated carbocycles. The van der Waals surface area contributed by atoms with E-state index in [1.54, 1.807) is 24.3 Å². The zero-order valence-electron chi connectivity index (χ0n) is 14.8. The molecule has 1 aliphatic heterocycles. The first-order chi connectivity index (χ1) is 13.4. The monoisotopic (exact) mass is 401 g/mol. The Labute approximate surface area is 161 Å². The molecule has 3 heterocycles. The van der Waals surface area contributed by atoms with Crippen molar-refractivity contribution < 1.29 is 18.3 Å². The van der Waals surface area contributed by atoms with E-state index in [-0.39, 0.29) is 16.6 Å². The number of nitrogens with zero attached hydrogens (tertiary/aromatic N) is 3. The van der Waals surface area contributed by atoms with Crippen LogP contribution < -0.4 is 11.1 Å². The van der Waals surface area contributed by atoms with E-state index in [9.17, 15) is 13.2 Å². The molecule has 0 unspecified atom stereocenters. The fourth-order valence-electron chi connectivity index (χ4n) is 3.40. The Hall–Kier alpha value is -3.27. The van der Waals surface area contributed by atoms with E-state index in [0.717, 1.165) is 3.97 Å². The predicted molar refractivity (Wildman–Crippen MR) is 105 cm³/mol. The van der Waals surface area contributed by atoms with E-state index in [0.29, 0.717) is 36.3 Å². The first-order valence-electron chi connectivity index (χ1n) is 8.68. The SMILES string of the molecule is Nc1cnc2c(ccn2S(=O)(=O)c2ccccc2)c1N[C@@H]1CCN(C(=O)O)C1. The van der Waals surface area contributed by atoms with Gasteiger partial charge in [0.15, 0.2) is 5.65 Å². The fraction of sp³-hybridized carbons (Fsp3) is 0.222. The van der Waals surface area contributed by atoms with Gasteiger partial charge in [0, 0.05) is 30.7 Å². The highest BCUT2D eigenvalue weighted by Crippen LogP contribution is 2.32. The van der Waals surface area contributed by atoms with Crippen LogP contribution in [-0.2, 0) is 10.0 Å². The average molecular weight is 401 g/mol. The summed E-state index contributed by atoms with van der Waals surface area (Å²) < 4.78 is 27.1. The fourth-order valence-corrected chi connectivity index (χ4v) is 4.72. The van der Waals surface area contributed by atoms with Crippen LogP contribution in [0.15, 0.2) is 53.7 Å². The number of amides is 1. The van der Waals surface area contributed by atoms with Gasteiger partial charge in [-0.25, -0.2) is 22.2 Å². The van der Waals surface area contributed by atoms with E-state index in [4.69, 9.17) is 10.8 Å². The van der Waals surface area contributed by atoms with E-state index in [2.05, 4.69) is 10.3 Å². The molecule has 146 valence electrons. The first-order valence-corrected chi connectivity index (χ1v) is 10.1. The molecule has 4 rings (SSSR count). The number of rotatable bonds is 4. The summed E-state index contributed by atoms with van der Waals surface area (Å²) in [6, 6.07) is 9.64. The second-order valence-corrected chi connectivity index (χ2v) is 8.43. The maximum atomic E-state index is 13.0. The molecule has 0 radical (unpaired) electrons. The molecule has 0 aliphatic carbocycles. The van der Waals surface area contributed by atoms with Crippen LogP contribution in [0.1, 0.15) is 6.42 Å². The molecule has 0 bridgehead atoms. The van der Waals surface area contributed by atoms with Crippen LogP contribution in [0.3, 0.4) is 0 Å². The maximum absolute atomic E-state index is 13.0. The quantitative estimate of drug-likeness (QED) is 0.609. The third-order valence-corrected chi connectivity index (χ3v) is 6.50. The van der Waals surface area contributed by atoms with Crippen molar-refractivity contribution in [2.24, 2.45) is 0 Å². The van der Waals surface area contributed by atoms with Gasteiger partial charge in [0.1, 0.15) is 0 Å². The molecule has 1 atom stereocenters. The van der Waals surface area contributed by atoms with Crippen molar-refractivity contribution in [3.05, 3.63) is 48.8 Å². The first kappa shape index (κ1) is 18.1. The van der Waals surface area contributed by atoms with Gasteiger partial charge in [-0.05, 0) is 24.6 Å². The highest BCUT2D eigenvalue weighted by molar-refractivity contribution is 7.90. The van der Waals surface area contributed by atoms with Crippen LogP contribution >= 0.6 is 0 Å². The molecular formula is C18H19N5O4S. The summed E-state index contributed by atoms with van der Waals surface area (Å²) in [5.74, 6) is 0. The van der Waals surface area contributed by atoms with Gasteiger partial charge in [-0.1, -0.05) is 18.2 Å². The molecule has 28 heavy (non-hydrogen) atoms. The number of likely N-dealkylation sites (tertiary alicyclic amines) is 1. The Morgan fingerprint density at radius 2 is 2.00 bits per heavy atom. The molecule has 1 fully saturated rings. The summed E-state index contributed by atoms with van der Waals surface area (Å²) in [4.78, 5) is 16.8. The molecular weight excluding hydrogens is 382 g/mol. The summed E-state index contributed by atoms with van der Waals surface area (Å²) in [5, 5.41) is 12.9. The molecule has 0 spiro atoms. The van der Waals surface area contributed by atoms with Crippen molar-refractivity contribution in [2.45, 2.75) is 17.4 Å². The number of nitrogens with two attached hydrogens (primary N) is 1. The highest BCUT2D eigenvalue weighted by atomic mass is 32.2. The van der Waals surface area contributed by atoms with Crippen molar-refractivity contribution in [3.8, 4) is 0 Å². The lowest BCUT2D eigenvalue weighted by Gasteiger charge is -2.17. The van der Waals surface area contributed by atoms with E-state index >= 15 is 0 Å². The normalized spacial score (nSPS) is 17.1. The zero-order valence-corrected chi connectivity index (χ0v) is 15.6. The van der Waals surface area contributed by atoms with Gasteiger partial charge in [0.05, 0.1) is 22.5 Å². The van der Waals surface area contributed by atoms with Gasteiger partial charge in [-0.15, -0.1) is 0 Å². The summed E-state index contributed by atoms with van der Waals surface area (Å²) in [6.45, 7) is 0.770. The Balaban J connectivity index is 1.73. The summed E-state index contributed by atoms with van der Waals surface area (Å²) >= 11 is 0. The molecule has 1 amide bonds. The van der Waals surface area contributed by atoms with Crippen molar-refractivity contribution >= 4 is 38.5 Å². The standard InChI is InChI=1S/C18H19N5O4S/c19-15-10-20-17-14(16(15)21-12-6-8-22(11-12)18(24)25)7-9-23(17)28(26,27)13-4-2-1-3-5-13/h1-5,7,9-10,12H,6,8,11,19H2,(H,20,21)(H,24,25)/t12-/m1/s1. The maximum Gasteiger partial charge on any atom is 0.407 e. The smallest absolute Gasteiger partial charge is 0.407 e. The van der Waals surface area contributed by atoms with E-state index in [1.807, 2.05) is 0 Å². The minimum atomic E-state index is -3.80. The number of carbonyl (C=O) groups is 1. The van der Waals surface area contributed by atoms with Crippen LogP contribution in [0, 0.1) is 0 Å². The average Bonchev–Trinajstić information content (AvgIpc) is 3.32.